The summed E-state index contributed by atoms with van der Waals surface area (Å²) in [6.45, 7) is 3.58. The van der Waals surface area contributed by atoms with Gasteiger partial charge in [-0.1, -0.05) is 29.8 Å². The van der Waals surface area contributed by atoms with Crippen LogP contribution in [-0.4, -0.2) is 20.0 Å². The van der Waals surface area contributed by atoms with Crippen molar-refractivity contribution < 1.29 is 13.2 Å². The summed E-state index contributed by atoms with van der Waals surface area (Å²) in [5, 5.41) is 12.3. The lowest BCUT2D eigenvalue weighted by Crippen LogP contribution is -2.18. The van der Waals surface area contributed by atoms with Crippen LogP contribution in [0.3, 0.4) is 0 Å². The van der Waals surface area contributed by atoms with Crippen LogP contribution < -0.4 is 10.1 Å². The first-order chi connectivity index (χ1) is 12.3. The van der Waals surface area contributed by atoms with Gasteiger partial charge in [-0.05, 0) is 43.7 Å². The molecule has 0 radical (unpaired) electrons. The Morgan fingerprint density at radius 3 is 2.31 bits per heavy atom. The van der Waals surface area contributed by atoms with Gasteiger partial charge in [0, 0.05) is 5.69 Å². The Labute approximate surface area is 152 Å². The van der Waals surface area contributed by atoms with Crippen molar-refractivity contribution in [3.63, 3.8) is 0 Å². The Bertz CT molecular complexity index is 957. The van der Waals surface area contributed by atoms with E-state index >= 15 is 0 Å². The van der Waals surface area contributed by atoms with Crippen LogP contribution in [0, 0.1) is 18.3 Å². The number of benzene rings is 2. The molecule has 134 valence electrons. The number of hydrogen-bond acceptors (Lipinski definition) is 5. The fourth-order valence-corrected chi connectivity index (χ4v) is 3.09. The largest absolute Gasteiger partial charge is 0.280 e. The molecule has 0 fully saturated rings. The van der Waals surface area contributed by atoms with Gasteiger partial charge < -0.3 is 0 Å². The summed E-state index contributed by atoms with van der Waals surface area (Å²) in [5.74, 6) is -0.491. The summed E-state index contributed by atoms with van der Waals surface area (Å²) >= 11 is 0. The Morgan fingerprint density at radius 1 is 1.12 bits per heavy atom. The van der Waals surface area contributed by atoms with Crippen molar-refractivity contribution in [3.8, 4) is 6.07 Å². The average molecular weight is 370 g/mol. The zero-order valence-electron chi connectivity index (χ0n) is 14.4. The maximum Gasteiger partial charge on any atom is 0.261 e. The van der Waals surface area contributed by atoms with E-state index in [1.165, 1.54) is 0 Å². The Kier molecular flexibility index (Phi) is 6.09. The molecular weight excluding hydrogens is 352 g/mol. The van der Waals surface area contributed by atoms with E-state index in [-0.39, 0.29) is 11.3 Å². The van der Waals surface area contributed by atoms with Crippen LogP contribution in [0.4, 0.5) is 5.69 Å². The molecule has 0 aliphatic carbocycles. The molecule has 0 aromatic heterocycles. The third-order valence-electron chi connectivity index (χ3n) is 3.47. The number of carbonyl (C=O) groups excluding carboxylic acids is 1. The Hall–Kier alpha value is -3.18. The van der Waals surface area contributed by atoms with E-state index in [4.69, 9.17) is 5.26 Å². The van der Waals surface area contributed by atoms with Crippen LogP contribution in [0.1, 0.15) is 24.5 Å². The highest BCUT2D eigenvalue weighted by Crippen LogP contribution is 2.17. The summed E-state index contributed by atoms with van der Waals surface area (Å²) in [6, 6.07) is 14.9. The first kappa shape index (κ1) is 19.1. The quantitative estimate of drug-likeness (QED) is 0.601. The molecule has 1 amide bonds. The van der Waals surface area contributed by atoms with Crippen molar-refractivity contribution >= 4 is 27.3 Å². The molecular formula is C18H18N4O3S. The SMILES string of the molecule is C/C(=N\NC(=O)CC#N)c1ccc(NS(=O)(=O)c2ccc(C)cc2)cc1. The highest BCUT2D eigenvalue weighted by Gasteiger charge is 2.13. The number of rotatable bonds is 6. The van der Waals surface area contributed by atoms with Gasteiger partial charge in [0.1, 0.15) is 6.42 Å². The third-order valence-corrected chi connectivity index (χ3v) is 4.87. The smallest absolute Gasteiger partial charge is 0.261 e. The van der Waals surface area contributed by atoms with Gasteiger partial charge in [-0.3, -0.25) is 9.52 Å². The lowest BCUT2D eigenvalue weighted by atomic mass is 10.1. The minimum atomic E-state index is -3.66. The normalized spacial score (nSPS) is 11.5. The van der Waals surface area contributed by atoms with E-state index in [0.717, 1.165) is 5.56 Å². The number of sulfonamides is 1. The van der Waals surface area contributed by atoms with Crippen molar-refractivity contribution in [2.75, 3.05) is 4.72 Å². The highest BCUT2D eigenvalue weighted by atomic mass is 32.2. The van der Waals surface area contributed by atoms with Crippen LogP contribution in [0.5, 0.6) is 0 Å². The van der Waals surface area contributed by atoms with Gasteiger partial charge in [0.15, 0.2) is 0 Å². The number of carbonyl (C=O) groups is 1. The summed E-state index contributed by atoms with van der Waals surface area (Å²) < 4.78 is 27.2. The van der Waals surface area contributed by atoms with E-state index in [2.05, 4.69) is 15.2 Å². The molecule has 2 aromatic carbocycles. The highest BCUT2D eigenvalue weighted by molar-refractivity contribution is 7.92. The van der Waals surface area contributed by atoms with E-state index in [0.29, 0.717) is 17.0 Å². The maximum atomic E-state index is 12.4. The van der Waals surface area contributed by atoms with Crippen molar-refractivity contribution in [1.29, 1.82) is 5.26 Å². The van der Waals surface area contributed by atoms with Crippen LogP contribution in [0.2, 0.25) is 0 Å². The number of anilines is 1. The second-order valence-corrected chi connectivity index (χ2v) is 7.25. The first-order valence-electron chi connectivity index (χ1n) is 7.72. The van der Waals surface area contributed by atoms with Gasteiger partial charge in [0.25, 0.3) is 15.9 Å². The van der Waals surface area contributed by atoms with Crippen LogP contribution in [-0.2, 0) is 14.8 Å². The maximum absolute atomic E-state index is 12.4. The van der Waals surface area contributed by atoms with E-state index in [1.807, 2.05) is 6.92 Å². The van der Waals surface area contributed by atoms with Crippen LogP contribution >= 0.6 is 0 Å². The van der Waals surface area contributed by atoms with Gasteiger partial charge in [0.2, 0.25) is 0 Å². The van der Waals surface area contributed by atoms with Crippen LogP contribution in [0.15, 0.2) is 58.5 Å². The molecule has 26 heavy (non-hydrogen) atoms. The average Bonchev–Trinajstić information content (AvgIpc) is 2.60. The molecule has 2 rings (SSSR count). The van der Waals surface area contributed by atoms with Crippen molar-refractivity contribution in [2.24, 2.45) is 5.10 Å². The molecule has 0 atom stereocenters. The zero-order valence-corrected chi connectivity index (χ0v) is 15.2. The molecule has 0 spiro atoms. The number of aryl methyl sites for hydroxylation is 1. The topological polar surface area (TPSA) is 111 Å². The molecule has 0 saturated heterocycles. The second-order valence-electron chi connectivity index (χ2n) is 5.56. The third kappa shape index (κ3) is 5.16. The molecule has 2 N–H and O–H groups in total. The fourth-order valence-electron chi connectivity index (χ4n) is 2.03. The van der Waals surface area contributed by atoms with Gasteiger partial charge in [-0.25, -0.2) is 13.8 Å². The molecule has 0 aliphatic heterocycles. The molecule has 7 nitrogen and oxygen atoms in total. The van der Waals surface area contributed by atoms with Crippen molar-refractivity contribution in [3.05, 3.63) is 59.7 Å². The lowest BCUT2D eigenvalue weighted by molar-refractivity contribution is -0.120. The Morgan fingerprint density at radius 2 is 1.73 bits per heavy atom. The molecule has 2 aromatic rings. The van der Waals surface area contributed by atoms with E-state index in [9.17, 15) is 13.2 Å². The predicted molar refractivity (Wildman–Crippen MR) is 99.0 cm³/mol. The van der Waals surface area contributed by atoms with Gasteiger partial charge in [-0.2, -0.15) is 10.4 Å². The van der Waals surface area contributed by atoms with Gasteiger partial charge >= 0.3 is 0 Å². The molecule has 0 bridgehead atoms. The fraction of sp³-hybridized carbons (Fsp3) is 0.167. The summed E-state index contributed by atoms with van der Waals surface area (Å²) in [6.07, 6.45) is -0.267. The Balaban J connectivity index is 2.09. The molecule has 0 unspecified atom stereocenters. The number of amides is 1. The monoisotopic (exact) mass is 370 g/mol. The second kappa shape index (κ2) is 8.27. The molecule has 0 heterocycles. The standard InChI is InChI=1S/C18H18N4O3S/c1-13-3-9-17(10-4-13)26(24,25)22-16-7-5-15(6-8-16)14(2)20-21-18(23)11-12-19/h3-10,22H,11H2,1-2H3,(H,21,23)/b20-14+. The number of nitriles is 1. The summed E-state index contributed by atoms with van der Waals surface area (Å²) in [7, 11) is -3.66. The number of nitrogens with one attached hydrogen (secondary N) is 2. The minimum Gasteiger partial charge on any atom is -0.280 e. The number of hydrogen-bond donors (Lipinski definition) is 2. The van der Waals surface area contributed by atoms with Gasteiger partial charge in [-0.15, -0.1) is 0 Å². The lowest BCUT2D eigenvalue weighted by Gasteiger charge is -2.09. The first-order valence-corrected chi connectivity index (χ1v) is 9.20. The molecule has 0 saturated carbocycles. The summed E-state index contributed by atoms with van der Waals surface area (Å²) in [4.78, 5) is 11.4. The van der Waals surface area contributed by atoms with E-state index < -0.39 is 15.9 Å². The van der Waals surface area contributed by atoms with E-state index in [1.54, 1.807) is 61.5 Å². The van der Waals surface area contributed by atoms with Crippen LogP contribution in [0.25, 0.3) is 0 Å². The number of hydrazone groups is 1. The molecule has 0 aliphatic rings. The van der Waals surface area contributed by atoms with Crippen molar-refractivity contribution in [2.45, 2.75) is 25.2 Å². The predicted octanol–water partition coefficient (Wildman–Crippen LogP) is 2.55. The zero-order chi connectivity index (χ0) is 19.2. The van der Waals surface area contributed by atoms with Crippen molar-refractivity contribution in [1.82, 2.24) is 5.43 Å². The minimum absolute atomic E-state index is 0.185. The summed E-state index contributed by atoms with van der Waals surface area (Å²) in [5.41, 5.74) is 4.91. The van der Waals surface area contributed by atoms with Gasteiger partial charge in [0.05, 0.1) is 16.7 Å². The molecule has 8 heteroatoms. The number of nitrogens with zero attached hydrogens (tertiary/aromatic N) is 2.